The van der Waals surface area contributed by atoms with Gasteiger partial charge in [-0.1, -0.05) is 11.3 Å². The van der Waals surface area contributed by atoms with Gasteiger partial charge in [-0.15, -0.1) is 4.80 Å². The Balaban J connectivity index is 1.75. The third kappa shape index (κ3) is 4.70. The summed E-state index contributed by atoms with van der Waals surface area (Å²) in [6.45, 7) is 1.92. The number of thiophene rings is 1. The minimum Gasteiger partial charge on any atom is -0.496 e. The van der Waals surface area contributed by atoms with Crippen molar-refractivity contribution in [3.8, 4) is 16.8 Å². The molecular weight excluding hydrogens is 529 g/mol. The fraction of sp³-hybridized carbons (Fsp3) is 0.360. The van der Waals surface area contributed by atoms with Crippen molar-refractivity contribution >= 4 is 27.5 Å². The van der Waals surface area contributed by atoms with Crippen molar-refractivity contribution in [1.29, 1.82) is 5.26 Å². The average molecular weight is 554 g/mol. The van der Waals surface area contributed by atoms with Gasteiger partial charge in [-0.3, -0.25) is 14.2 Å². The van der Waals surface area contributed by atoms with E-state index in [1.165, 1.54) is 47.1 Å². The smallest absolute Gasteiger partial charge is 0.332 e. The maximum atomic E-state index is 14.3. The first kappa shape index (κ1) is 26.3. The summed E-state index contributed by atoms with van der Waals surface area (Å²) in [4.78, 5) is 42.0. The Bertz CT molecular complexity index is 1700. The number of rotatable bonds is 9. The molecule has 0 aliphatic carbocycles. The number of amides is 1. The molecule has 3 aromatic heterocycles. The van der Waals surface area contributed by atoms with Crippen molar-refractivity contribution in [1.82, 2.24) is 29.4 Å². The highest BCUT2D eigenvalue weighted by molar-refractivity contribution is 7.21. The minimum atomic E-state index is -0.979. The number of hydrogen-bond donors (Lipinski definition) is 1. The van der Waals surface area contributed by atoms with E-state index in [9.17, 15) is 18.8 Å². The lowest BCUT2D eigenvalue weighted by atomic mass is 10.1. The molecule has 14 heteroatoms. The normalized spacial score (nSPS) is 15.8. The molecule has 1 amide bonds. The maximum Gasteiger partial charge on any atom is 0.332 e. The summed E-state index contributed by atoms with van der Waals surface area (Å²) in [5.41, 5.74) is -0.428. The van der Waals surface area contributed by atoms with Crippen LogP contribution in [0.25, 0.3) is 15.2 Å². The molecule has 0 radical (unpaired) electrons. The SMILES string of the molecule is COc1ccc(F)cc1[C@H](Cn1c(=O)n(C2CCNC2=O)c(=O)c2c(C)c(-n3nccn3)sc21)OCCC#N. The van der Waals surface area contributed by atoms with Crippen LogP contribution in [-0.2, 0) is 16.1 Å². The van der Waals surface area contributed by atoms with Crippen LogP contribution >= 0.6 is 11.3 Å². The fourth-order valence-electron chi connectivity index (χ4n) is 4.74. The van der Waals surface area contributed by atoms with Gasteiger partial charge in [0, 0.05) is 17.7 Å². The number of hydrogen-bond acceptors (Lipinski definition) is 9. The van der Waals surface area contributed by atoms with Crippen molar-refractivity contribution in [2.45, 2.75) is 38.5 Å². The molecule has 1 aliphatic rings. The third-order valence-corrected chi connectivity index (χ3v) is 7.85. The summed E-state index contributed by atoms with van der Waals surface area (Å²) < 4.78 is 28.1. The Hall–Kier alpha value is -4.35. The molecule has 1 aliphatic heterocycles. The molecule has 0 spiro atoms. The van der Waals surface area contributed by atoms with E-state index in [0.29, 0.717) is 33.3 Å². The number of benzene rings is 1. The number of nitrogens with one attached hydrogen (secondary N) is 1. The van der Waals surface area contributed by atoms with E-state index in [-0.39, 0.29) is 31.4 Å². The van der Waals surface area contributed by atoms with E-state index in [1.807, 2.05) is 6.07 Å². The van der Waals surface area contributed by atoms with Crippen LogP contribution in [0, 0.1) is 24.1 Å². The van der Waals surface area contributed by atoms with Gasteiger partial charge in [-0.25, -0.2) is 13.8 Å². The zero-order chi connectivity index (χ0) is 27.7. The molecule has 1 aromatic carbocycles. The Kier molecular flexibility index (Phi) is 7.27. The molecule has 12 nitrogen and oxygen atoms in total. The summed E-state index contributed by atoms with van der Waals surface area (Å²) in [5, 5.41) is 20.8. The van der Waals surface area contributed by atoms with Gasteiger partial charge in [-0.05, 0) is 31.5 Å². The largest absolute Gasteiger partial charge is 0.496 e. The molecule has 202 valence electrons. The Morgan fingerprint density at radius 2 is 2.05 bits per heavy atom. The van der Waals surface area contributed by atoms with Crippen molar-refractivity contribution in [2.24, 2.45) is 0 Å². The molecule has 1 unspecified atom stereocenters. The van der Waals surface area contributed by atoms with Crippen LogP contribution < -0.4 is 21.3 Å². The highest BCUT2D eigenvalue weighted by Gasteiger charge is 2.33. The maximum absolute atomic E-state index is 14.3. The van der Waals surface area contributed by atoms with Gasteiger partial charge >= 0.3 is 5.69 Å². The van der Waals surface area contributed by atoms with Gasteiger partial charge in [-0.2, -0.15) is 15.5 Å². The Labute approximate surface area is 224 Å². The second kappa shape index (κ2) is 10.8. The standard InChI is InChI=1S/C25H24FN7O5S/c1-14-20-22(35)32(17-6-8-28-21(17)34)25(36)31(24(20)39-23(14)33-29-9-10-30-33)13-19(38-11-3-7-27)16-12-15(26)4-5-18(16)37-2/h4-5,9-10,12,17,19H,3,6,8,11,13H2,1-2H3,(H,28,34)/t17?,19-/m0/s1. The van der Waals surface area contributed by atoms with Crippen LogP contribution in [0.15, 0.2) is 40.2 Å². The Morgan fingerprint density at radius 1 is 1.28 bits per heavy atom. The molecule has 1 fully saturated rings. The topological polar surface area (TPSA) is 146 Å². The van der Waals surface area contributed by atoms with E-state index in [4.69, 9.17) is 14.7 Å². The number of aryl methyl sites for hydroxylation is 1. The van der Waals surface area contributed by atoms with E-state index in [1.54, 1.807) is 6.92 Å². The number of methoxy groups -OCH3 is 1. The second-order valence-corrected chi connectivity index (χ2v) is 9.83. The lowest BCUT2D eigenvalue weighted by molar-refractivity contribution is -0.122. The van der Waals surface area contributed by atoms with Crippen LogP contribution in [0.4, 0.5) is 4.39 Å². The summed E-state index contributed by atoms with van der Waals surface area (Å²) >= 11 is 1.14. The van der Waals surface area contributed by atoms with Crippen molar-refractivity contribution in [3.63, 3.8) is 0 Å². The average Bonchev–Trinajstić information content (AvgIpc) is 3.67. The molecule has 1 N–H and O–H groups in total. The first-order chi connectivity index (χ1) is 18.8. The van der Waals surface area contributed by atoms with E-state index in [0.717, 1.165) is 15.9 Å². The highest BCUT2D eigenvalue weighted by atomic mass is 32.1. The minimum absolute atomic E-state index is 0.00925. The van der Waals surface area contributed by atoms with Crippen LogP contribution in [0.2, 0.25) is 0 Å². The zero-order valence-corrected chi connectivity index (χ0v) is 21.9. The number of carbonyl (C=O) groups is 1. The molecule has 1 saturated heterocycles. The predicted molar refractivity (Wildman–Crippen MR) is 139 cm³/mol. The summed E-state index contributed by atoms with van der Waals surface area (Å²) in [7, 11) is 1.43. The molecule has 2 atom stereocenters. The number of aromatic nitrogens is 5. The van der Waals surface area contributed by atoms with Gasteiger partial charge in [0.15, 0.2) is 0 Å². The second-order valence-electron chi connectivity index (χ2n) is 8.85. The third-order valence-electron chi connectivity index (χ3n) is 6.57. The van der Waals surface area contributed by atoms with E-state index < -0.39 is 35.1 Å². The van der Waals surface area contributed by atoms with Crippen molar-refractivity contribution < 1.29 is 18.7 Å². The molecule has 0 saturated carbocycles. The number of halogens is 1. The molecule has 5 rings (SSSR count). The molecule has 39 heavy (non-hydrogen) atoms. The van der Waals surface area contributed by atoms with Gasteiger partial charge in [0.05, 0.1) is 50.5 Å². The monoisotopic (exact) mass is 553 g/mol. The molecular formula is C25H24FN7O5S. The summed E-state index contributed by atoms with van der Waals surface area (Å²) in [5.74, 6) is -0.630. The molecule has 4 heterocycles. The quantitative estimate of drug-likeness (QED) is 0.310. The number of fused-ring (bicyclic) bond motifs is 1. The Morgan fingerprint density at radius 3 is 2.72 bits per heavy atom. The summed E-state index contributed by atoms with van der Waals surface area (Å²) in [6, 6.07) is 4.96. The van der Waals surface area contributed by atoms with Gasteiger partial charge in [0.1, 0.15) is 33.5 Å². The molecule has 4 aromatic rings. The zero-order valence-electron chi connectivity index (χ0n) is 21.1. The fourth-order valence-corrected chi connectivity index (χ4v) is 5.96. The van der Waals surface area contributed by atoms with Crippen LogP contribution in [0.1, 0.15) is 36.1 Å². The van der Waals surface area contributed by atoms with E-state index in [2.05, 4.69) is 15.5 Å². The van der Waals surface area contributed by atoms with Crippen LogP contribution in [0.3, 0.4) is 0 Å². The number of ether oxygens (including phenoxy) is 2. The summed E-state index contributed by atoms with van der Waals surface area (Å²) in [6.07, 6.45) is 2.39. The number of nitrogens with zero attached hydrogens (tertiary/aromatic N) is 6. The van der Waals surface area contributed by atoms with Gasteiger partial charge in [0.25, 0.3) is 5.56 Å². The number of nitriles is 1. The number of carbonyl (C=O) groups excluding carboxylic acids is 1. The van der Waals surface area contributed by atoms with Crippen LogP contribution in [0.5, 0.6) is 5.75 Å². The van der Waals surface area contributed by atoms with Crippen LogP contribution in [-0.4, -0.2) is 50.3 Å². The first-order valence-electron chi connectivity index (χ1n) is 12.1. The van der Waals surface area contributed by atoms with Gasteiger partial charge in [0.2, 0.25) is 5.91 Å². The lowest BCUT2D eigenvalue weighted by Crippen LogP contribution is -2.44. The van der Waals surface area contributed by atoms with Crippen molar-refractivity contribution in [3.05, 3.63) is 68.4 Å². The highest BCUT2D eigenvalue weighted by Crippen LogP contribution is 2.34. The molecule has 0 bridgehead atoms. The first-order valence-corrected chi connectivity index (χ1v) is 12.9. The lowest BCUT2D eigenvalue weighted by Gasteiger charge is -2.23. The predicted octanol–water partition coefficient (Wildman–Crippen LogP) is 1.99. The van der Waals surface area contributed by atoms with Gasteiger partial charge < -0.3 is 14.8 Å². The van der Waals surface area contributed by atoms with Crippen molar-refractivity contribution in [2.75, 3.05) is 20.3 Å². The van der Waals surface area contributed by atoms with E-state index >= 15 is 0 Å².